The zero-order chi connectivity index (χ0) is 11.4. The molecular weight excluding hydrogens is 220 g/mol. The Morgan fingerprint density at radius 3 is 2.80 bits per heavy atom. The summed E-state index contributed by atoms with van der Waals surface area (Å²) in [4.78, 5) is 11.3. The maximum atomic E-state index is 11.3. The van der Waals surface area contributed by atoms with E-state index in [4.69, 9.17) is 26.6 Å². The molecule has 1 rings (SSSR count). The van der Waals surface area contributed by atoms with Gasteiger partial charge in [-0.3, -0.25) is 0 Å². The highest BCUT2D eigenvalue weighted by molar-refractivity contribution is 6.32. The molecule has 15 heavy (non-hydrogen) atoms. The average molecular weight is 231 g/mol. The van der Waals surface area contributed by atoms with Crippen molar-refractivity contribution in [3.8, 4) is 5.75 Å². The highest BCUT2D eigenvalue weighted by Crippen LogP contribution is 2.23. The van der Waals surface area contributed by atoms with Crippen molar-refractivity contribution in [3.63, 3.8) is 0 Å². The van der Waals surface area contributed by atoms with Crippen molar-refractivity contribution in [3.05, 3.63) is 28.8 Å². The van der Waals surface area contributed by atoms with Gasteiger partial charge in [0.25, 0.3) is 0 Å². The third-order valence-corrected chi connectivity index (χ3v) is 1.94. The first-order chi connectivity index (χ1) is 7.00. The first kappa shape index (κ1) is 11.8. The molecule has 0 aliphatic carbocycles. The molecule has 2 N–H and O–H groups in total. The molecule has 0 fully saturated rings. The largest absolute Gasteiger partial charge is 0.506 e. The number of phenolic OH excluding ortho intramolecular Hbond substituents is 1. The number of esters is 1. The van der Waals surface area contributed by atoms with Crippen LogP contribution in [0.5, 0.6) is 5.75 Å². The molecule has 1 atom stereocenters. The summed E-state index contributed by atoms with van der Waals surface area (Å²) >= 11 is 5.61. The minimum absolute atomic E-state index is 0.0721. The van der Waals surface area contributed by atoms with Gasteiger partial charge in [-0.05, 0) is 25.1 Å². The molecule has 0 saturated carbocycles. The predicted octanol–water partition coefficient (Wildman–Crippen LogP) is 1.58. The molecule has 82 valence electrons. The van der Waals surface area contributed by atoms with Gasteiger partial charge in [0.1, 0.15) is 12.4 Å². The fourth-order valence-electron chi connectivity index (χ4n) is 0.913. The molecule has 4 nitrogen and oxygen atoms in total. The number of ether oxygens (including phenoxy) is 1. The van der Waals surface area contributed by atoms with Crippen molar-refractivity contribution in [2.24, 2.45) is 0 Å². The lowest BCUT2D eigenvalue weighted by atomic mass is 10.2. The summed E-state index contributed by atoms with van der Waals surface area (Å²) in [5, 5.41) is 18.1. The smallest absolute Gasteiger partial charge is 0.338 e. The lowest BCUT2D eigenvalue weighted by Gasteiger charge is -2.07. The average Bonchev–Trinajstić information content (AvgIpc) is 2.18. The number of aliphatic hydroxyl groups is 1. The number of aliphatic hydroxyl groups excluding tert-OH is 1. The summed E-state index contributed by atoms with van der Waals surface area (Å²) in [5.74, 6) is -0.679. The second-order valence-electron chi connectivity index (χ2n) is 3.11. The first-order valence-electron chi connectivity index (χ1n) is 4.34. The zero-order valence-corrected chi connectivity index (χ0v) is 8.86. The number of rotatable bonds is 3. The van der Waals surface area contributed by atoms with E-state index >= 15 is 0 Å². The van der Waals surface area contributed by atoms with Gasteiger partial charge in [-0.25, -0.2) is 4.79 Å². The standard InChI is InChI=1S/C10H11ClO4/c1-6(12)5-15-10(14)7-2-3-9(13)8(11)4-7/h2-4,6,12-13H,5H2,1H3. The molecule has 1 aromatic rings. The molecule has 1 unspecified atom stereocenters. The summed E-state index contributed by atoms with van der Waals surface area (Å²) < 4.78 is 4.76. The van der Waals surface area contributed by atoms with Gasteiger partial charge in [0, 0.05) is 0 Å². The minimum Gasteiger partial charge on any atom is -0.506 e. The molecule has 5 heteroatoms. The highest BCUT2D eigenvalue weighted by atomic mass is 35.5. The van der Waals surface area contributed by atoms with Crippen LogP contribution in [0.25, 0.3) is 0 Å². The Morgan fingerprint density at radius 2 is 2.27 bits per heavy atom. The molecule has 0 aromatic heterocycles. The molecule has 1 aromatic carbocycles. The Kier molecular flexibility index (Phi) is 3.94. The van der Waals surface area contributed by atoms with E-state index in [1.54, 1.807) is 0 Å². The van der Waals surface area contributed by atoms with E-state index in [-0.39, 0.29) is 22.9 Å². The Labute approximate surface area is 92.1 Å². The normalized spacial score (nSPS) is 12.2. The predicted molar refractivity (Wildman–Crippen MR) is 55.1 cm³/mol. The van der Waals surface area contributed by atoms with Gasteiger partial charge in [0.15, 0.2) is 0 Å². The third-order valence-electron chi connectivity index (χ3n) is 1.64. The number of hydrogen-bond acceptors (Lipinski definition) is 4. The maximum absolute atomic E-state index is 11.3. The molecule has 0 aliphatic rings. The summed E-state index contributed by atoms with van der Waals surface area (Å²) in [5.41, 5.74) is 0.235. The van der Waals surface area contributed by atoms with Crippen LogP contribution >= 0.6 is 11.6 Å². The van der Waals surface area contributed by atoms with Crippen LogP contribution in [0.2, 0.25) is 5.02 Å². The van der Waals surface area contributed by atoms with E-state index in [0.29, 0.717) is 0 Å². The SMILES string of the molecule is CC(O)COC(=O)c1ccc(O)c(Cl)c1. The van der Waals surface area contributed by atoms with Gasteiger partial charge in [0.05, 0.1) is 16.7 Å². The quantitative estimate of drug-likeness (QED) is 0.774. The number of phenols is 1. The van der Waals surface area contributed by atoms with Gasteiger partial charge in [-0.2, -0.15) is 0 Å². The van der Waals surface area contributed by atoms with E-state index in [0.717, 1.165) is 0 Å². The number of halogens is 1. The van der Waals surface area contributed by atoms with Crippen molar-refractivity contribution < 1.29 is 19.7 Å². The Bertz CT molecular complexity index is 362. The second-order valence-corrected chi connectivity index (χ2v) is 3.52. The van der Waals surface area contributed by atoms with Gasteiger partial charge < -0.3 is 14.9 Å². The van der Waals surface area contributed by atoms with Crippen LogP contribution in [0.1, 0.15) is 17.3 Å². The Morgan fingerprint density at radius 1 is 1.60 bits per heavy atom. The lowest BCUT2D eigenvalue weighted by molar-refractivity contribution is 0.0296. The van der Waals surface area contributed by atoms with Crippen LogP contribution in [0, 0.1) is 0 Å². The van der Waals surface area contributed by atoms with Crippen molar-refractivity contribution in [2.75, 3.05) is 6.61 Å². The van der Waals surface area contributed by atoms with E-state index in [1.165, 1.54) is 25.1 Å². The summed E-state index contributed by atoms with van der Waals surface area (Å²) in [6.45, 7) is 1.44. The second kappa shape index (κ2) is 5.00. The van der Waals surface area contributed by atoms with Gasteiger partial charge in [-0.15, -0.1) is 0 Å². The highest BCUT2D eigenvalue weighted by Gasteiger charge is 2.10. The number of hydrogen-bond donors (Lipinski definition) is 2. The van der Waals surface area contributed by atoms with Gasteiger partial charge >= 0.3 is 5.97 Å². The Balaban J connectivity index is 2.70. The molecular formula is C10H11ClO4. The monoisotopic (exact) mass is 230 g/mol. The topological polar surface area (TPSA) is 66.8 Å². The molecule has 0 aliphatic heterocycles. The van der Waals surface area contributed by atoms with E-state index in [2.05, 4.69) is 0 Å². The van der Waals surface area contributed by atoms with Crippen LogP contribution in [0.15, 0.2) is 18.2 Å². The van der Waals surface area contributed by atoms with Gasteiger partial charge in [-0.1, -0.05) is 11.6 Å². The molecule has 0 amide bonds. The number of carbonyl (C=O) groups is 1. The van der Waals surface area contributed by atoms with Crippen LogP contribution in [-0.4, -0.2) is 28.9 Å². The lowest BCUT2D eigenvalue weighted by Crippen LogP contribution is -2.15. The van der Waals surface area contributed by atoms with Crippen LogP contribution in [-0.2, 0) is 4.74 Å². The van der Waals surface area contributed by atoms with Crippen molar-refractivity contribution >= 4 is 17.6 Å². The third kappa shape index (κ3) is 3.42. The van der Waals surface area contributed by atoms with Crippen molar-refractivity contribution in [2.45, 2.75) is 13.0 Å². The van der Waals surface area contributed by atoms with E-state index < -0.39 is 12.1 Å². The maximum Gasteiger partial charge on any atom is 0.338 e. The van der Waals surface area contributed by atoms with E-state index in [9.17, 15) is 4.79 Å². The minimum atomic E-state index is -0.707. The summed E-state index contributed by atoms with van der Waals surface area (Å²) in [6, 6.07) is 4.01. The Hall–Kier alpha value is -1.26. The fraction of sp³-hybridized carbons (Fsp3) is 0.300. The molecule has 0 spiro atoms. The van der Waals surface area contributed by atoms with E-state index in [1.807, 2.05) is 0 Å². The number of aromatic hydroxyl groups is 1. The van der Waals surface area contributed by atoms with Crippen molar-refractivity contribution in [1.82, 2.24) is 0 Å². The molecule has 0 bridgehead atoms. The fourth-order valence-corrected chi connectivity index (χ4v) is 1.09. The van der Waals surface area contributed by atoms with Crippen molar-refractivity contribution in [1.29, 1.82) is 0 Å². The summed E-state index contributed by atoms with van der Waals surface area (Å²) in [7, 11) is 0. The van der Waals surface area contributed by atoms with Crippen LogP contribution in [0.3, 0.4) is 0 Å². The molecule has 0 radical (unpaired) electrons. The number of benzene rings is 1. The first-order valence-corrected chi connectivity index (χ1v) is 4.72. The van der Waals surface area contributed by atoms with Crippen LogP contribution < -0.4 is 0 Å². The van der Waals surface area contributed by atoms with Crippen LogP contribution in [0.4, 0.5) is 0 Å². The number of carbonyl (C=O) groups excluding carboxylic acids is 1. The molecule has 0 saturated heterocycles. The zero-order valence-electron chi connectivity index (χ0n) is 8.11. The van der Waals surface area contributed by atoms with Gasteiger partial charge in [0.2, 0.25) is 0 Å². The summed E-state index contributed by atoms with van der Waals surface area (Å²) in [6.07, 6.45) is -0.707. The molecule has 0 heterocycles.